The van der Waals surface area contributed by atoms with Gasteiger partial charge in [0.05, 0.1) is 0 Å². The first kappa shape index (κ1) is 9.30. The monoisotopic (exact) mass is 210 g/mol. The molecular weight excluding hydrogens is 193 g/mol. The molecule has 0 amide bonds. The maximum Gasteiger partial charge on any atom is 0.00345 e. The van der Waals surface area contributed by atoms with E-state index in [1.54, 1.807) is 19.5 Å². The molecule has 0 saturated heterocycles. The van der Waals surface area contributed by atoms with Crippen LogP contribution in [-0.2, 0) is 0 Å². The van der Waals surface area contributed by atoms with E-state index in [0.717, 1.165) is 0 Å². The first-order chi connectivity index (χ1) is 3.66. The largest absolute Gasteiger partial charge is 0.0770 e. The maximum absolute atomic E-state index is 2.67. The molecule has 0 rings (SSSR count). The molecule has 0 nitrogen and oxygen atoms in total. The van der Waals surface area contributed by atoms with Gasteiger partial charge in [-0.3, -0.25) is 0 Å². The summed E-state index contributed by atoms with van der Waals surface area (Å²) in [6.07, 6.45) is 0. The fourth-order valence-electron chi connectivity index (χ4n) is 0.971. The molecule has 0 saturated carbocycles. The molecule has 0 aromatic rings. The number of hydrogen-bond acceptors (Lipinski definition) is 0. The van der Waals surface area contributed by atoms with Crippen LogP contribution < -0.4 is 0 Å². The predicted molar refractivity (Wildman–Crippen MR) is 63.0 cm³/mol. The summed E-state index contributed by atoms with van der Waals surface area (Å²) in [5.74, 6) is 0. The minimum Gasteiger partial charge on any atom is -0.0770 e. The summed E-state index contributed by atoms with van der Waals surface area (Å²) < 4.78 is 0. The fourth-order valence-corrected chi connectivity index (χ4v) is 120. The quantitative estimate of drug-likeness (QED) is 0.414. The van der Waals surface area contributed by atoms with Gasteiger partial charge in [0.25, 0.3) is 0 Å². The SMILES string of the molecule is C[SiH]([SiH3])[SiH2][SiH](C)[SiH2][SiH3]. The van der Waals surface area contributed by atoms with E-state index < -0.39 is 0 Å². The highest BCUT2D eigenvalue weighted by molar-refractivity contribution is 7.65. The molecule has 0 bridgehead atoms. The van der Waals surface area contributed by atoms with Crippen molar-refractivity contribution >= 4 is 52.3 Å². The second-order valence-corrected chi connectivity index (χ2v) is 52.4. The smallest absolute Gasteiger partial charge is 0.00345 e. The van der Waals surface area contributed by atoms with Crippen molar-refractivity contribution in [3.63, 3.8) is 0 Å². The third-order valence-corrected chi connectivity index (χ3v) is 79.7. The molecule has 0 spiro atoms. The molecule has 0 radical (unpaired) electrons. The third kappa shape index (κ3) is 5.44. The van der Waals surface area contributed by atoms with Crippen molar-refractivity contribution < 1.29 is 0 Å². The van der Waals surface area contributed by atoms with Crippen LogP contribution in [0.1, 0.15) is 0 Å². The lowest BCUT2D eigenvalue weighted by Crippen LogP contribution is -2.37. The van der Waals surface area contributed by atoms with Crippen LogP contribution in [-0.4, -0.2) is 52.3 Å². The Morgan fingerprint density at radius 1 is 1.38 bits per heavy atom. The van der Waals surface area contributed by atoms with Crippen molar-refractivity contribution in [3.05, 3.63) is 0 Å². The second kappa shape index (κ2) is 5.12. The summed E-state index contributed by atoms with van der Waals surface area (Å²) in [5, 5.41) is 0. The Balaban J connectivity index is 3.10. The van der Waals surface area contributed by atoms with E-state index in [2.05, 4.69) is 13.1 Å². The Morgan fingerprint density at radius 3 is 2.00 bits per heavy atom. The van der Waals surface area contributed by atoms with Gasteiger partial charge in [0.2, 0.25) is 0 Å². The molecule has 0 aromatic carbocycles. The second-order valence-electron chi connectivity index (χ2n) is 3.14. The van der Waals surface area contributed by atoms with Crippen molar-refractivity contribution in [2.75, 3.05) is 0 Å². The molecule has 0 heterocycles. The Morgan fingerprint density at radius 2 is 1.88 bits per heavy atom. The summed E-state index contributed by atoms with van der Waals surface area (Å²) in [6.45, 7) is 5.29. The van der Waals surface area contributed by atoms with Crippen LogP contribution in [0.2, 0.25) is 13.1 Å². The van der Waals surface area contributed by atoms with Gasteiger partial charge in [-0.1, -0.05) is 13.1 Å². The van der Waals surface area contributed by atoms with Gasteiger partial charge in [0.15, 0.2) is 0 Å². The van der Waals surface area contributed by atoms with Crippen molar-refractivity contribution in [2.24, 2.45) is 0 Å². The van der Waals surface area contributed by atoms with Gasteiger partial charge in [-0.15, -0.1) is 0 Å². The molecule has 0 aromatic heterocycles. The number of hydrogen-bond donors (Lipinski definition) is 0. The Bertz CT molecular complexity index is 52.5. The fraction of sp³-hybridized carbons (Fsp3) is 1.00. The molecular formula is C2H18Si6. The molecule has 0 aliphatic heterocycles. The van der Waals surface area contributed by atoms with Crippen molar-refractivity contribution in [2.45, 2.75) is 13.1 Å². The van der Waals surface area contributed by atoms with Crippen molar-refractivity contribution in [1.82, 2.24) is 0 Å². The zero-order valence-electron chi connectivity index (χ0n) is 6.57. The molecule has 8 heavy (non-hydrogen) atoms. The predicted octanol–water partition coefficient (Wildman–Crippen LogP) is -4.33. The molecule has 0 aliphatic carbocycles. The van der Waals surface area contributed by atoms with Gasteiger partial charge in [-0.2, -0.15) is 0 Å². The van der Waals surface area contributed by atoms with Crippen LogP contribution in [0.25, 0.3) is 0 Å². The lowest BCUT2D eigenvalue weighted by atomic mass is 11.9. The van der Waals surface area contributed by atoms with Crippen LogP contribution in [0.4, 0.5) is 0 Å². The van der Waals surface area contributed by atoms with E-state index in [1.807, 2.05) is 0 Å². The maximum atomic E-state index is 2.67. The van der Waals surface area contributed by atoms with Crippen LogP contribution >= 0.6 is 0 Å². The summed E-state index contributed by atoms with van der Waals surface area (Å²) in [5.41, 5.74) is 0. The van der Waals surface area contributed by atoms with Gasteiger partial charge in [0, 0.05) is 15.7 Å². The lowest BCUT2D eigenvalue weighted by molar-refractivity contribution is 2.30. The summed E-state index contributed by atoms with van der Waals surface area (Å²) >= 11 is 0. The van der Waals surface area contributed by atoms with E-state index in [1.165, 1.54) is 0 Å². The highest BCUT2D eigenvalue weighted by Crippen LogP contribution is 1.75. The normalized spacial score (nSPS) is 21.8. The average Bonchev–Trinajstić information content (AvgIpc) is 1.65. The molecule has 2 unspecified atom stereocenters. The molecule has 6 heteroatoms. The minimum atomic E-state index is 0.150. The molecule has 50 valence electrons. The first-order valence-corrected chi connectivity index (χ1v) is 26.0. The highest BCUT2D eigenvalue weighted by Gasteiger charge is 2.04. The zero-order chi connectivity index (χ0) is 6.57. The Hall–Kier alpha value is 1.30. The van der Waals surface area contributed by atoms with E-state index in [-0.39, 0.29) is 15.7 Å². The topological polar surface area (TPSA) is 0 Å². The summed E-state index contributed by atoms with van der Waals surface area (Å²) in [7, 11) is 5.04. The van der Waals surface area contributed by atoms with E-state index in [9.17, 15) is 0 Å². The zero-order valence-corrected chi connectivity index (χ0v) is 15.7. The molecule has 0 aliphatic rings. The standard InChI is InChI=1S/C2H18Si6/c1-7(4)6-8(2)5-3/h7-8H,5-6H2,1-4H3. The minimum absolute atomic E-state index is 0.150. The lowest BCUT2D eigenvalue weighted by Gasteiger charge is -2.05. The van der Waals surface area contributed by atoms with Crippen molar-refractivity contribution in [3.8, 4) is 0 Å². The first-order valence-electron chi connectivity index (χ1n) is 3.66. The summed E-state index contributed by atoms with van der Waals surface area (Å²) in [4.78, 5) is 0. The van der Waals surface area contributed by atoms with Gasteiger partial charge < -0.3 is 0 Å². The van der Waals surface area contributed by atoms with E-state index >= 15 is 0 Å². The molecule has 0 N–H and O–H groups in total. The van der Waals surface area contributed by atoms with Crippen LogP contribution in [0.3, 0.4) is 0 Å². The van der Waals surface area contributed by atoms with E-state index in [0.29, 0.717) is 17.1 Å². The van der Waals surface area contributed by atoms with Gasteiger partial charge in [0.1, 0.15) is 0 Å². The van der Waals surface area contributed by atoms with Crippen LogP contribution in [0.15, 0.2) is 0 Å². The van der Waals surface area contributed by atoms with Crippen LogP contribution in [0, 0.1) is 0 Å². The Labute approximate surface area is 65.5 Å². The van der Waals surface area contributed by atoms with Gasteiger partial charge in [-0.05, 0) is 36.6 Å². The molecule has 0 fully saturated rings. The third-order valence-electron chi connectivity index (χ3n) is 1.57. The van der Waals surface area contributed by atoms with Gasteiger partial charge in [-0.25, -0.2) is 0 Å². The number of rotatable bonds is 3. The van der Waals surface area contributed by atoms with Gasteiger partial charge >= 0.3 is 0 Å². The highest BCUT2D eigenvalue weighted by atomic mass is 29.9. The average molecular weight is 211 g/mol. The summed E-state index contributed by atoms with van der Waals surface area (Å²) in [6, 6.07) is 0. The Kier molecular flexibility index (Phi) is 5.95. The molecule has 2 atom stereocenters. The van der Waals surface area contributed by atoms with Crippen molar-refractivity contribution in [1.29, 1.82) is 0 Å². The van der Waals surface area contributed by atoms with Crippen LogP contribution in [0.5, 0.6) is 0 Å². The van der Waals surface area contributed by atoms with E-state index in [4.69, 9.17) is 0 Å².